The summed E-state index contributed by atoms with van der Waals surface area (Å²) in [5.41, 5.74) is 0.833. The van der Waals surface area contributed by atoms with Crippen molar-refractivity contribution in [1.29, 1.82) is 0 Å². The van der Waals surface area contributed by atoms with Crippen molar-refractivity contribution in [3.63, 3.8) is 0 Å². The average Bonchev–Trinajstić information content (AvgIpc) is 2.25. The van der Waals surface area contributed by atoms with Crippen molar-refractivity contribution in [3.8, 4) is 5.75 Å². The first-order valence-electron chi connectivity index (χ1n) is 5.52. The Kier molecular flexibility index (Phi) is 4.83. The molecular formula is C12H17ClO3S. The van der Waals surface area contributed by atoms with Gasteiger partial charge in [0.25, 0.3) is 9.05 Å². The van der Waals surface area contributed by atoms with Gasteiger partial charge in [0, 0.05) is 10.7 Å². The molecule has 1 unspecified atom stereocenters. The lowest BCUT2D eigenvalue weighted by Gasteiger charge is -2.13. The standard InChI is InChI=1S/C12H17ClO3S/c1-4-9(2)8-16-11-6-5-10(3)7-12(11)17(13,14)15/h5-7,9H,4,8H2,1-3H3. The molecule has 17 heavy (non-hydrogen) atoms. The molecule has 0 aliphatic carbocycles. The maximum Gasteiger partial charge on any atom is 0.264 e. The summed E-state index contributed by atoms with van der Waals surface area (Å²) >= 11 is 0. The highest BCUT2D eigenvalue weighted by Gasteiger charge is 2.17. The van der Waals surface area contributed by atoms with Crippen LogP contribution in [-0.4, -0.2) is 15.0 Å². The van der Waals surface area contributed by atoms with E-state index in [1.54, 1.807) is 12.1 Å². The van der Waals surface area contributed by atoms with Gasteiger partial charge in [0.15, 0.2) is 0 Å². The van der Waals surface area contributed by atoms with Crippen LogP contribution in [0, 0.1) is 12.8 Å². The number of rotatable bonds is 5. The third-order valence-electron chi connectivity index (χ3n) is 2.58. The van der Waals surface area contributed by atoms with Gasteiger partial charge in [0.05, 0.1) is 6.61 Å². The molecular weight excluding hydrogens is 260 g/mol. The van der Waals surface area contributed by atoms with Gasteiger partial charge in [-0.2, -0.15) is 0 Å². The zero-order valence-electron chi connectivity index (χ0n) is 10.2. The van der Waals surface area contributed by atoms with Gasteiger partial charge in [-0.3, -0.25) is 0 Å². The predicted octanol–water partition coefficient (Wildman–Crippen LogP) is 3.35. The minimum Gasteiger partial charge on any atom is -0.492 e. The van der Waals surface area contributed by atoms with Crippen LogP contribution in [-0.2, 0) is 9.05 Å². The number of halogens is 1. The Hall–Kier alpha value is -0.740. The van der Waals surface area contributed by atoms with Crippen molar-refractivity contribution < 1.29 is 13.2 Å². The lowest BCUT2D eigenvalue weighted by Crippen LogP contribution is -2.09. The maximum absolute atomic E-state index is 11.4. The van der Waals surface area contributed by atoms with Crippen LogP contribution in [0.25, 0.3) is 0 Å². The summed E-state index contributed by atoms with van der Waals surface area (Å²) in [7, 11) is 1.61. The topological polar surface area (TPSA) is 43.4 Å². The van der Waals surface area contributed by atoms with Crippen LogP contribution in [0.3, 0.4) is 0 Å². The molecule has 0 bridgehead atoms. The SMILES string of the molecule is CCC(C)COc1ccc(C)cc1S(=O)(=O)Cl. The Bertz CT molecular complexity index is 483. The summed E-state index contributed by atoms with van der Waals surface area (Å²) in [6.45, 7) is 6.40. The van der Waals surface area contributed by atoms with Gasteiger partial charge in [-0.05, 0) is 30.5 Å². The molecule has 3 nitrogen and oxygen atoms in total. The fourth-order valence-electron chi connectivity index (χ4n) is 1.27. The molecule has 0 radical (unpaired) electrons. The van der Waals surface area contributed by atoms with Gasteiger partial charge in [0.2, 0.25) is 0 Å². The number of hydrogen-bond donors (Lipinski definition) is 0. The minimum absolute atomic E-state index is 0.0440. The summed E-state index contributed by atoms with van der Waals surface area (Å²) in [5, 5.41) is 0. The van der Waals surface area contributed by atoms with Gasteiger partial charge in [0.1, 0.15) is 10.6 Å². The molecule has 0 heterocycles. The number of hydrogen-bond acceptors (Lipinski definition) is 3. The van der Waals surface area contributed by atoms with E-state index in [0.717, 1.165) is 12.0 Å². The smallest absolute Gasteiger partial charge is 0.264 e. The maximum atomic E-state index is 11.4. The van der Waals surface area contributed by atoms with Crippen LogP contribution in [0.1, 0.15) is 25.8 Å². The summed E-state index contributed by atoms with van der Waals surface area (Å²) in [6, 6.07) is 4.97. The molecule has 0 saturated carbocycles. The van der Waals surface area contributed by atoms with Gasteiger partial charge >= 0.3 is 0 Å². The Morgan fingerprint density at radius 1 is 1.41 bits per heavy atom. The van der Waals surface area contributed by atoms with E-state index in [0.29, 0.717) is 18.3 Å². The number of benzene rings is 1. The molecule has 1 rings (SSSR count). The fourth-order valence-corrected chi connectivity index (χ4v) is 2.33. The van der Waals surface area contributed by atoms with E-state index < -0.39 is 9.05 Å². The van der Waals surface area contributed by atoms with E-state index in [4.69, 9.17) is 15.4 Å². The zero-order chi connectivity index (χ0) is 13.1. The van der Waals surface area contributed by atoms with E-state index >= 15 is 0 Å². The third-order valence-corrected chi connectivity index (χ3v) is 3.93. The van der Waals surface area contributed by atoms with Crippen LogP contribution < -0.4 is 4.74 Å². The van der Waals surface area contributed by atoms with Crippen LogP contribution in [0.2, 0.25) is 0 Å². The largest absolute Gasteiger partial charge is 0.492 e. The summed E-state index contributed by atoms with van der Waals surface area (Å²) in [4.78, 5) is 0.0440. The molecule has 0 aliphatic heterocycles. The highest BCUT2D eigenvalue weighted by molar-refractivity contribution is 8.13. The molecule has 0 N–H and O–H groups in total. The molecule has 96 valence electrons. The quantitative estimate of drug-likeness (QED) is 0.775. The van der Waals surface area contributed by atoms with Gasteiger partial charge in [-0.1, -0.05) is 26.3 Å². The second kappa shape index (κ2) is 5.74. The molecule has 0 aliphatic rings. The molecule has 0 spiro atoms. The molecule has 1 aromatic rings. The molecule has 0 amide bonds. The molecule has 0 fully saturated rings. The van der Waals surface area contributed by atoms with Crippen molar-refractivity contribution in [2.75, 3.05) is 6.61 Å². The van der Waals surface area contributed by atoms with Crippen molar-refractivity contribution in [2.24, 2.45) is 5.92 Å². The molecule has 0 saturated heterocycles. The average molecular weight is 277 g/mol. The van der Waals surface area contributed by atoms with Crippen LogP contribution in [0.5, 0.6) is 5.75 Å². The Balaban J connectivity index is 3.00. The molecule has 5 heteroatoms. The highest BCUT2D eigenvalue weighted by Crippen LogP contribution is 2.28. The first-order valence-corrected chi connectivity index (χ1v) is 7.83. The highest BCUT2D eigenvalue weighted by atomic mass is 35.7. The van der Waals surface area contributed by atoms with Gasteiger partial charge in [-0.15, -0.1) is 0 Å². The first kappa shape index (κ1) is 14.3. The first-order chi connectivity index (χ1) is 7.84. The van der Waals surface area contributed by atoms with Crippen molar-refractivity contribution >= 4 is 19.7 Å². The third kappa shape index (κ3) is 4.21. The molecule has 1 aromatic carbocycles. The summed E-state index contributed by atoms with van der Waals surface area (Å²) in [5.74, 6) is 0.702. The lowest BCUT2D eigenvalue weighted by atomic mass is 10.1. The van der Waals surface area contributed by atoms with Gasteiger partial charge < -0.3 is 4.74 Å². The summed E-state index contributed by atoms with van der Waals surface area (Å²) in [6.07, 6.45) is 0.981. The second-order valence-corrected chi connectivity index (χ2v) is 6.75. The van der Waals surface area contributed by atoms with Crippen LogP contribution >= 0.6 is 10.7 Å². The number of ether oxygens (including phenoxy) is 1. The van der Waals surface area contributed by atoms with Crippen molar-refractivity contribution in [2.45, 2.75) is 32.1 Å². The van der Waals surface area contributed by atoms with Gasteiger partial charge in [-0.25, -0.2) is 8.42 Å². The van der Waals surface area contributed by atoms with E-state index in [2.05, 4.69) is 6.92 Å². The lowest BCUT2D eigenvalue weighted by molar-refractivity contribution is 0.251. The minimum atomic E-state index is -3.76. The summed E-state index contributed by atoms with van der Waals surface area (Å²) < 4.78 is 28.3. The van der Waals surface area contributed by atoms with E-state index in [1.807, 2.05) is 13.8 Å². The fraction of sp³-hybridized carbons (Fsp3) is 0.500. The molecule has 1 atom stereocenters. The monoisotopic (exact) mass is 276 g/mol. The van der Waals surface area contributed by atoms with E-state index in [1.165, 1.54) is 6.07 Å². The normalized spacial score (nSPS) is 13.4. The molecule has 0 aromatic heterocycles. The van der Waals surface area contributed by atoms with E-state index in [-0.39, 0.29) is 4.90 Å². The van der Waals surface area contributed by atoms with E-state index in [9.17, 15) is 8.42 Å². The predicted molar refractivity (Wildman–Crippen MR) is 69.2 cm³/mol. The Morgan fingerprint density at radius 3 is 2.59 bits per heavy atom. The Morgan fingerprint density at radius 2 is 2.06 bits per heavy atom. The van der Waals surface area contributed by atoms with Crippen LogP contribution in [0.4, 0.5) is 0 Å². The zero-order valence-corrected chi connectivity index (χ0v) is 11.8. The number of aryl methyl sites for hydroxylation is 1. The Labute approximate surface area is 107 Å². The van der Waals surface area contributed by atoms with Crippen molar-refractivity contribution in [1.82, 2.24) is 0 Å². The second-order valence-electron chi connectivity index (χ2n) is 4.21. The van der Waals surface area contributed by atoms with Crippen LogP contribution in [0.15, 0.2) is 23.1 Å². The van der Waals surface area contributed by atoms with Crippen molar-refractivity contribution in [3.05, 3.63) is 23.8 Å².